The molecule has 13 heavy (non-hydrogen) atoms. The Labute approximate surface area is 75.2 Å². The summed E-state index contributed by atoms with van der Waals surface area (Å²) in [6.45, 7) is 1.31. The number of halogens is 2. The molecule has 1 unspecified atom stereocenters. The Morgan fingerprint density at radius 1 is 1.54 bits per heavy atom. The van der Waals surface area contributed by atoms with Gasteiger partial charge in [-0.3, -0.25) is 0 Å². The van der Waals surface area contributed by atoms with Gasteiger partial charge < -0.3 is 10.1 Å². The van der Waals surface area contributed by atoms with Crippen LogP contribution in [0.3, 0.4) is 0 Å². The van der Waals surface area contributed by atoms with E-state index in [1.165, 1.54) is 0 Å². The number of sulfone groups is 1. The molecule has 0 spiro atoms. The smallest absolute Gasteiger partial charge is 0.336 e. The first-order chi connectivity index (χ1) is 6.02. The molecule has 0 aromatic heterocycles. The molecule has 0 aromatic carbocycles. The predicted octanol–water partition coefficient (Wildman–Crippen LogP) is -0.388. The molecule has 0 saturated carbocycles. The third-order valence-electron chi connectivity index (χ3n) is 1.69. The number of morpholine rings is 1. The molecule has 0 bridgehead atoms. The second-order valence-corrected chi connectivity index (χ2v) is 4.80. The van der Waals surface area contributed by atoms with Gasteiger partial charge in [0.25, 0.3) is 0 Å². The number of hydrogen-bond acceptors (Lipinski definition) is 4. The second-order valence-electron chi connectivity index (χ2n) is 2.79. The average Bonchev–Trinajstić information content (AvgIpc) is 2.05. The highest BCUT2D eigenvalue weighted by atomic mass is 32.2. The molecule has 0 aliphatic carbocycles. The first-order valence-corrected chi connectivity index (χ1v) is 5.56. The lowest BCUT2D eigenvalue weighted by atomic mass is 10.3. The van der Waals surface area contributed by atoms with Crippen molar-refractivity contribution in [3.8, 4) is 0 Å². The summed E-state index contributed by atoms with van der Waals surface area (Å²) in [5, 5.41) is 2.86. The van der Waals surface area contributed by atoms with Crippen molar-refractivity contribution in [1.82, 2.24) is 5.32 Å². The maximum atomic E-state index is 11.9. The zero-order valence-corrected chi connectivity index (χ0v) is 7.69. The molecule has 1 rings (SSSR count). The van der Waals surface area contributed by atoms with E-state index in [2.05, 4.69) is 5.32 Å². The Balaban J connectivity index is 2.47. The fourth-order valence-electron chi connectivity index (χ4n) is 1.06. The third-order valence-corrected chi connectivity index (χ3v) is 3.07. The van der Waals surface area contributed by atoms with Crippen LogP contribution in [0.2, 0.25) is 0 Å². The quantitative estimate of drug-likeness (QED) is 0.696. The molecule has 0 radical (unpaired) electrons. The van der Waals surface area contributed by atoms with E-state index >= 15 is 0 Å². The van der Waals surface area contributed by atoms with E-state index in [0.29, 0.717) is 19.7 Å². The van der Waals surface area contributed by atoms with Gasteiger partial charge in [-0.05, 0) is 0 Å². The number of ether oxygens (including phenoxy) is 1. The summed E-state index contributed by atoms with van der Waals surface area (Å²) in [5.74, 6) is -3.92. The van der Waals surface area contributed by atoms with E-state index in [0.717, 1.165) is 0 Å². The van der Waals surface area contributed by atoms with E-state index < -0.39 is 27.5 Å². The minimum Gasteiger partial charge on any atom is -0.375 e. The number of hydrogen-bond donors (Lipinski definition) is 1. The summed E-state index contributed by atoms with van der Waals surface area (Å²) in [4.78, 5) is 0. The van der Waals surface area contributed by atoms with Crippen LogP contribution in [0, 0.1) is 0 Å². The van der Waals surface area contributed by atoms with Crippen molar-refractivity contribution < 1.29 is 21.9 Å². The Hall–Kier alpha value is -0.270. The highest BCUT2D eigenvalue weighted by Crippen LogP contribution is 2.09. The fourth-order valence-corrected chi connectivity index (χ4v) is 1.94. The molecular weight excluding hydrogens is 204 g/mol. The van der Waals surface area contributed by atoms with Gasteiger partial charge in [0.05, 0.1) is 18.5 Å². The van der Waals surface area contributed by atoms with Crippen LogP contribution in [0.1, 0.15) is 0 Å². The van der Waals surface area contributed by atoms with Crippen molar-refractivity contribution >= 4 is 9.84 Å². The summed E-state index contributed by atoms with van der Waals surface area (Å²) >= 11 is 0. The zero-order valence-electron chi connectivity index (χ0n) is 6.87. The Kier molecular flexibility index (Phi) is 3.57. The normalized spacial score (nSPS) is 25.0. The topological polar surface area (TPSA) is 55.4 Å². The second kappa shape index (κ2) is 4.30. The van der Waals surface area contributed by atoms with Gasteiger partial charge in [-0.2, -0.15) is 8.78 Å². The van der Waals surface area contributed by atoms with Crippen molar-refractivity contribution in [2.45, 2.75) is 11.9 Å². The Morgan fingerprint density at radius 3 is 2.69 bits per heavy atom. The molecule has 1 N–H and O–H groups in total. The number of rotatable bonds is 3. The molecule has 0 aromatic rings. The van der Waals surface area contributed by atoms with Gasteiger partial charge in [0.1, 0.15) is 0 Å². The van der Waals surface area contributed by atoms with Gasteiger partial charge in [0.15, 0.2) is 0 Å². The van der Waals surface area contributed by atoms with Crippen LogP contribution in [-0.2, 0) is 14.6 Å². The summed E-state index contributed by atoms with van der Waals surface area (Å²) in [6, 6.07) is 0. The maximum Gasteiger partial charge on any atom is 0.336 e. The summed E-state index contributed by atoms with van der Waals surface area (Å²) in [5.41, 5.74) is 0. The molecule has 1 aliphatic rings. The minimum atomic E-state index is -4.30. The van der Waals surface area contributed by atoms with E-state index in [1.807, 2.05) is 0 Å². The largest absolute Gasteiger partial charge is 0.375 e. The third kappa shape index (κ3) is 3.17. The average molecular weight is 215 g/mol. The fraction of sp³-hybridized carbons (Fsp3) is 1.00. The lowest BCUT2D eigenvalue weighted by Gasteiger charge is -2.23. The van der Waals surface area contributed by atoms with Gasteiger partial charge in [-0.25, -0.2) is 8.42 Å². The standard InChI is InChI=1S/C6H11F2NO3S/c7-6(8)13(10,11)4-5-3-9-1-2-12-5/h5-6,9H,1-4H2. The van der Waals surface area contributed by atoms with Crippen molar-refractivity contribution in [1.29, 1.82) is 0 Å². The minimum absolute atomic E-state index is 0.311. The van der Waals surface area contributed by atoms with Crippen molar-refractivity contribution in [2.24, 2.45) is 0 Å². The lowest BCUT2D eigenvalue weighted by molar-refractivity contribution is 0.0421. The summed E-state index contributed by atoms with van der Waals surface area (Å²) in [7, 11) is -4.30. The van der Waals surface area contributed by atoms with Crippen LogP contribution >= 0.6 is 0 Å². The molecule has 4 nitrogen and oxygen atoms in total. The summed E-state index contributed by atoms with van der Waals surface area (Å²) < 4.78 is 50.3. The monoisotopic (exact) mass is 215 g/mol. The molecule has 1 heterocycles. The van der Waals surface area contributed by atoms with E-state index in [-0.39, 0.29) is 0 Å². The van der Waals surface area contributed by atoms with E-state index in [4.69, 9.17) is 4.74 Å². The van der Waals surface area contributed by atoms with Gasteiger partial charge in [-0.1, -0.05) is 0 Å². The van der Waals surface area contributed by atoms with Crippen LogP contribution in [0.5, 0.6) is 0 Å². The van der Waals surface area contributed by atoms with Crippen LogP contribution in [0.4, 0.5) is 8.78 Å². The number of nitrogens with one attached hydrogen (secondary N) is 1. The van der Waals surface area contributed by atoms with E-state index in [1.54, 1.807) is 0 Å². The van der Waals surface area contributed by atoms with Gasteiger partial charge >= 0.3 is 5.76 Å². The molecule has 7 heteroatoms. The number of alkyl halides is 2. The van der Waals surface area contributed by atoms with Gasteiger partial charge in [0, 0.05) is 13.1 Å². The van der Waals surface area contributed by atoms with Crippen LogP contribution < -0.4 is 5.32 Å². The highest BCUT2D eigenvalue weighted by molar-refractivity contribution is 7.91. The maximum absolute atomic E-state index is 11.9. The van der Waals surface area contributed by atoms with Gasteiger partial charge in [0.2, 0.25) is 9.84 Å². The first kappa shape index (κ1) is 10.8. The SMILES string of the molecule is O=S(=O)(CC1CNCCO1)C(F)F. The molecule has 0 amide bonds. The predicted molar refractivity (Wildman–Crippen MR) is 42.4 cm³/mol. The van der Waals surface area contributed by atoms with Crippen LogP contribution in [-0.4, -0.2) is 45.7 Å². The molecule has 1 fully saturated rings. The molecule has 1 aliphatic heterocycles. The Bertz CT molecular complexity index is 249. The van der Waals surface area contributed by atoms with Crippen LogP contribution in [0.25, 0.3) is 0 Å². The lowest BCUT2D eigenvalue weighted by Crippen LogP contribution is -2.43. The van der Waals surface area contributed by atoms with Crippen molar-refractivity contribution in [3.05, 3.63) is 0 Å². The Morgan fingerprint density at radius 2 is 2.23 bits per heavy atom. The molecular formula is C6H11F2NO3S. The van der Waals surface area contributed by atoms with Crippen molar-refractivity contribution in [3.63, 3.8) is 0 Å². The zero-order chi connectivity index (χ0) is 9.90. The van der Waals surface area contributed by atoms with Gasteiger partial charge in [-0.15, -0.1) is 0 Å². The summed E-state index contributed by atoms with van der Waals surface area (Å²) in [6.07, 6.45) is -0.646. The highest BCUT2D eigenvalue weighted by Gasteiger charge is 2.29. The molecule has 1 atom stereocenters. The van der Waals surface area contributed by atoms with Crippen molar-refractivity contribution in [2.75, 3.05) is 25.4 Å². The molecule has 78 valence electrons. The van der Waals surface area contributed by atoms with Crippen LogP contribution in [0.15, 0.2) is 0 Å². The van der Waals surface area contributed by atoms with E-state index in [9.17, 15) is 17.2 Å². The molecule has 1 saturated heterocycles. The first-order valence-electron chi connectivity index (χ1n) is 3.84.